The molecule has 154 valence electrons. The van der Waals surface area contributed by atoms with E-state index in [2.05, 4.69) is 29.3 Å². The molecule has 1 aliphatic heterocycles. The molecule has 1 amide bonds. The van der Waals surface area contributed by atoms with Gasteiger partial charge < -0.3 is 10.1 Å². The fourth-order valence-electron chi connectivity index (χ4n) is 3.67. The number of amides is 1. The Morgan fingerprint density at radius 1 is 0.900 bits per heavy atom. The highest BCUT2D eigenvalue weighted by molar-refractivity contribution is 6.04. The number of hydrogen-bond donors (Lipinski definition) is 1. The van der Waals surface area contributed by atoms with E-state index in [9.17, 15) is 4.79 Å². The molecule has 4 heteroatoms. The SMILES string of the molecule is CC1CCN(Cc2ccc(C(=O)Nc3ccc(Oc4ccccc4)cc3)cc2)CC1. The number of hydrogen-bond acceptors (Lipinski definition) is 3. The van der Waals surface area contributed by atoms with Crippen molar-refractivity contribution in [1.29, 1.82) is 0 Å². The molecule has 0 bridgehead atoms. The number of likely N-dealkylation sites (tertiary alicyclic amines) is 1. The summed E-state index contributed by atoms with van der Waals surface area (Å²) in [6.45, 7) is 5.60. The van der Waals surface area contributed by atoms with Gasteiger partial charge >= 0.3 is 0 Å². The van der Waals surface area contributed by atoms with E-state index < -0.39 is 0 Å². The first-order valence-electron chi connectivity index (χ1n) is 10.6. The highest BCUT2D eigenvalue weighted by atomic mass is 16.5. The number of carbonyl (C=O) groups is 1. The summed E-state index contributed by atoms with van der Waals surface area (Å²) in [6.07, 6.45) is 2.55. The quantitative estimate of drug-likeness (QED) is 0.555. The molecule has 0 spiro atoms. The Morgan fingerprint density at radius 3 is 2.20 bits per heavy atom. The van der Waals surface area contributed by atoms with Crippen molar-refractivity contribution in [3.8, 4) is 11.5 Å². The largest absolute Gasteiger partial charge is 0.457 e. The predicted octanol–water partition coefficient (Wildman–Crippen LogP) is 5.96. The van der Waals surface area contributed by atoms with E-state index in [1.54, 1.807) is 0 Å². The molecule has 0 aliphatic carbocycles. The minimum atomic E-state index is -0.106. The van der Waals surface area contributed by atoms with Crippen molar-refractivity contribution in [3.05, 3.63) is 90.0 Å². The molecule has 1 N–H and O–H groups in total. The van der Waals surface area contributed by atoms with Crippen molar-refractivity contribution in [2.24, 2.45) is 5.92 Å². The van der Waals surface area contributed by atoms with Gasteiger partial charge in [0.15, 0.2) is 0 Å². The van der Waals surface area contributed by atoms with Gasteiger partial charge in [-0.3, -0.25) is 9.69 Å². The lowest BCUT2D eigenvalue weighted by Gasteiger charge is -2.30. The lowest BCUT2D eigenvalue weighted by molar-refractivity contribution is 0.102. The Balaban J connectivity index is 1.31. The number of benzene rings is 3. The van der Waals surface area contributed by atoms with Gasteiger partial charge in [0.2, 0.25) is 0 Å². The number of anilines is 1. The van der Waals surface area contributed by atoms with E-state index >= 15 is 0 Å². The third-order valence-corrected chi connectivity index (χ3v) is 5.59. The molecule has 4 rings (SSSR count). The van der Waals surface area contributed by atoms with Crippen LogP contribution >= 0.6 is 0 Å². The van der Waals surface area contributed by atoms with Crippen LogP contribution in [0.4, 0.5) is 5.69 Å². The Kier molecular flexibility index (Phi) is 6.45. The van der Waals surface area contributed by atoms with Gasteiger partial charge in [0.1, 0.15) is 11.5 Å². The minimum absolute atomic E-state index is 0.106. The maximum atomic E-state index is 12.6. The number of carbonyl (C=O) groups excluding carboxylic acids is 1. The van der Waals surface area contributed by atoms with Crippen LogP contribution in [0.3, 0.4) is 0 Å². The van der Waals surface area contributed by atoms with Crippen molar-refractivity contribution < 1.29 is 9.53 Å². The Morgan fingerprint density at radius 2 is 1.53 bits per heavy atom. The molecule has 1 saturated heterocycles. The second kappa shape index (κ2) is 9.59. The third kappa shape index (κ3) is 5.49. The Hall–Kier alpha value is -3.11. The molecule has 0 unspecified atom stereocenters. The van der Waals surface area contributed by atoms with E-state index in [1.165, 1.54) is 18.4 Å². The van der Waals surface area contributed by atoms with Crippen LogP contribution in [0.25, 0.3) is 0 Å². The predicted molar refractivity (Wildman–Crippen MR) is 121 cm³/mol. The van der Waals surface area contributed by atoms with Gasteiger partial charge in [-0.2, -0.15) is 0 Å². The van der Waals surface area contributed by atoms with Crippen molar-refractivity contribution >= 4 is 11.6 Å². The van der Waals surface area contributed by atoms with Crippen LogP contribution in [0.15, 0.2) is 78.9 Å². The average molecular weight is 401 g/mol. The number of nitrogens with zero attached hydrogens (tertiary/aromatic N) is 1. The fraction of sp³-hybridized carbons (Fsp3) is 0.269. The first kappa shape index (κ1) is 20.2. The smallest absolute Gasteiger partial charge is 0.255 e. The van der Waals surface area contributed by atoms with Gasteiger partial charge in [-0.15, -0.1) is 0 Å². The third-order valence-electron chi connectivity index (χ3n) is 5.59. The van der Waals surface area contributed by atoms with Gasteiger partial charge in [-0.25, -0.2) is 0 Å². The molecule has 30 heavy (non-hydrogen) atoms. The van der Waals surface area contributed by atoms with Crippen molar-refractivity contribution in [2.75, 3.05) is 18.4 Å². The van der Waals surface area contributed by atoms with Gasteiger partial charge in [0.05, 0.1) is 0 Å². The molecule has 4 nitrogen and oxygen atoms in total. The van der Waals surface area contributed by atoms with Crippen molar-refractivity contribution in [2.45, 2.75) is 26.3 Å². The lowest BCUT2D eigenvalue weighted by Crippen LogP contribution is -2.32. The van der Waals surface area contributed by atoms with Gasteiger partial charge in [-0.1, -0.05) is 37.3 Å². The molecular weight excluding hydrogens is 372 g/mol. The zero-order chi connectivity index (χ0) is 20.8. The van der Waals surface area contributed by atoms with E-state index in [1.807, 2.05) is 66.7 Å². The zero-order valence-corrected chi connectivity index (χ0v) is 17.4. The normalized spacial score (nSPS) is 15.0. The molecule has 0 saturated carbocycles. The van der Waals surface area contributed by atoms with Crippen LogP contribution in [0.1, 0.15) is 35.7 Å². The summed E-state index contributed by atoms with van der Waals surface area (Å²) in [5, 5.41) is 2.95. The number of ether oxygens (including phenoxy) is 1. The van der Waals surface area contributed by atoms with Crippen molar-refractivity contribution in [3.63, 3.8) is 0 Å². The fourth-order valence-corrected chi connectivity index (χ4v) is 3.67. The van der Waals surface area contributed by atoms with Crippen LogP contribution in [0.5, 0.6) is 11.5 Å². The second-order valence-electron chi connectivity index (χ2n) is 8.05. The maximum absolute atomic E-state index is 12.6. The molecule has 1 heterocycles. The number of rotatable bonds is 6. The van der Waals surface area contributed by atoms with Crippen molar-refractivity contribution in [1.82, 2.24) is 4.90 Å². The lowest BCUT2D eigenvalue weighted by atomic mass is 9.99. The van der Waals surface area contributed by atoms with Gasteiger partial charge in [0, 0.05) is 17.8 Å². The van der Waals surface area contributed by atoms with Gasteiger partial charge in [0.25, 0.3) is 5.91 Å². The van der Waals surface area contributed by atoms with E-state index in [-0.39, 0.29) is 5.91 Å². The van der Waals surface area contributed by atoms with E-state index in [0.717, 1.165) is 42.7 Å². The number of para-hydroxylation sites is 1. The van der Waals surface area contributed by atoms with Crippen LogP contribution in [-0.2, 0) is 6.54 Å². The average Bonchev–Trinajstić information content (AvgIpc) is 2.78. The summed E-state index contributed by atoms with van der Waals surface area (Å²) in [5.41, 5.74) is 2.66. The highest BCUT2D eigenvalue weighted by Crippen LogP contribution is 2.23. The summed E-state index contributed by atoms with van der Waals surface area (Å²) in [5.74, 6) is 2.25. The molecule has 3 aromatic carbocycles. The zero-order valence-electron chi connectivity index (χ0n) is 17.4. The highest BCUT2D eigenvalue weighted by Gasteiger charge is 2.15. The molecule has 1 aliphatic rings. The summed E-state index contributed by atoms with van der Waals surface area (Å²) >= 11 is 0. The first-order chi connectivity index (χ1) is 14.7. The topological polar surface area (TPSA) is 41.6 Å². The van der Waals surface area contributed by atoms with E-state index in [4.69, 9.17) is 4.74 Å². The monoisotopic (exact) mass is 400 g/mol. The standard InChI is InChI=1S/C26H28N2O2/c1-20-15-17-28(18-16-20)19-21-7-9-22(10-8-21)26(29)27-23-11-13-25(14-12-23)30-24-5-3-2-4-6-24/h2-14,20H,15-19H2,1H3,(H,27,29). The summed E-state index contributed by atoms with van der Waals surface area (Å²) in [6, 6.07) is 25.0. The van der Waals surface area contributed by atoms with E-state index in [0.29, 0.717) is 5.56 Å². The maximum Gasteiger partial charge on any atom is 0.255 e. The summed E-state index contributed by atoms with van der Waals surface area (Å²) in [4.78, 5) is 15.1. The number of nitrogens with one attached hydrogen (secondary N) is 1. The molecule has 1 fully saturated rings. The summed E-state index contributed by atoms with van der Waals surface area (Å²) < 4.78 is 5.79. The van der Waals surface area contributed by atoms with Crippen LogP contribution < -0.4 is 10.1 Å². The van der Waals surface area contributed by atoms with Crippen LogP contribution in [0, 0.1) is 5.92 Å². The molecule has 3 aromatic rings. The molecule has 0 aromatic heterocycles. The van der Waals surface area contributed by atoms with Crippen LogP contribution in [0.2, 0.25) is 0 Å². The Bertz CT molecular complexity index is 945. The Labute approximate surface area is 178 Å². The minimum Gasteiger partial charge on any atom is -0.457 e. The van der Waals surface area contributed by atoms with Crippen LogP contribution in [-0.4, -0.2) is 23.9 Å². The van der Waals surface area contributed by atoms with Gasteiger partial charge in [-0.05, 0) is 85.9 Å². The molecule has 0 radical (unpaired) electrons. The molecule has 0 atom stereocenters. The number of piperidine rings is 1. The second-order valence-corrected chi connectivity index (χ2v) is 8.05. The molecular formula is C26H28N2O2. The summed E-state index contributed by atoms with van der Waals surface area (Å²) in [7, 11) is 0. The first-order valence-corrected chi connectivity index (χ1v) is 10.6.